The molecular formula is C12H19N5O3. The predicted molar refractivity (Wildman–Crippen MR) is 73.8 cm³/mol. The van der Waals surface area contributed by atoms with Crippen molar-refractivity contribution in [1.29, 1.82) is 0 Å². The molecule has 8 heteroatoms. The maximum atomic E-state index is 11.9. The smallest absolute Gasteiger partial charge is 0.322 e. The fourth-order valence-electron chi connectivity index (χ4n) is 2.06. The second-order valence-corrected chi connectivity index (χ2v) is 4.97. The number of carboxylic acid groups (broad SMARTS) is 1. The van der Waals surface area contributed by atoms with E-state index < -0.39 is 12.0 Å². The zero-order chi connectivity index (χ0) is 14.7. The summed E-state index contributed by atoms with van der Waals surface area (Å²) in [5, 5.41) is 12.7. The lowest BCUT2D eigenvalue weighted by Gasteiger charge is -2.33. The third-order valence-electron chi connectivity index (χ3n) is 3.41. The van der Waals surface area contributed by atoms with E-state index in [0.717, 1.165) is 36.5 Å². The quantitative estimate of drug-likeness (QED) is 0.685. The molecule has 0 spiro atoms. The van der Waals surface area contributed by atoms with Gasteiger partial charge < -0.3 is 20.6 Å². The molecule has 1 unspecified atom stereocenters. The topological polar surface area (TPSA) is 105 Å². The third kappa shape index (κ3) is 3.34. The molecular weight excluding hydrogens is 262 g/mol. The van der Waals surface area contributed by atoms with Crippen molar-refractivity contribution < 1.29 is 9.90 Å². The Kier molecular flexibility index (Phi) is 4.35. The predicted octanol–water partition coefficient (Wildman–Crippen LogP) is -1.59. The molecule has 0 radical (unpaired) electrons. The summed E-state index contributed by atoms with van der Waals surface area (Å²) in [4.78, 5) is 26.9. The molecule has 3 N–H and O–H groups in total. The number of hydrogen-bond acceptors (Lipinski definition) is 6. The van der Waals surface area contributed by atoms with Crippen molar-refractivity contribution in [1.82, 2.24) is 14.7 Å². The van der Waals surface area contributed by atoms with E-state index in [9.17, 15) is 9.59 Å². The minimum atomic E-state index is -1.15. The Morgan fingerprint density at radius 2 is 2.10 bits per heavy atom. The molecule has 0 aliphatic carbocycles. The minimum absolute atomic E-state index is 0.128. The van der Waals surface area contributed by atoms with Gasteiger partial charge in [0.2, 0.25) is 0 Å². The lowest BCUT2D eigenvalue weighted by Crippen LogP contribution is -2.45. The molecule has 1 aromatic rings. The van der Waals surface area contributed by atoms with E-state index in [1.54, 1.807) is 6.20 Å². The van der Waals surface area contributed by atoms with Crippen LogP contribution in [-0.4, -0.2) is 65.0 Å². The number of likely N-dealkylation sites (N-methyl/N-ethyl adjacent to an activating group) is 1. The monoisotopic (exact) mass is 281 g/mol. The number of carboxylic acids is 1. The van der Waals surface area contributed by atoms with Gasteiger partial charge >= 0.3 is 5.97 Å². The maximum Gasteiger partial charge on any atom is 0.322 e. The fourth-order valence-corrected chi connectivity index (χ4v) is 2.06. The van der Waals surface area contributed by atoms with Crippen LogP contribution in [0, 0.1) is 0 Å². The summed E-state index contributed by atoms with van der Waals surface area (Å²) in [6.07, 6.45) is 1.58. The summed E-state index contributed by atoms with van der Waals surface area (Å²) < 4.78 is 1.08. The molecule has 1 saturated heterocycles. The van der Waals surface area contributed by atoms with Crippen molar-refractivity contribution in [3.05, 3.63) is 22.6 Å². The fraction of sp³-hybridized carbons (Fsp3) is 0.583. The molecule has 8 nitrogen and oxygen atoms in total. The Balaban J connectivity index is 2.10. The van der Waals surface area contributed by atoms with E-state index >= 15 is 0 Å². The summed E-state index contributed by atoms with van der Waals surface area (Å²) in [7, 11) is 2.06. The summed E-state index contributed by atoms with van der Waals surface area (Å²) in [5.74, 6) is -1.15. The van der Waals surface area contributed by atoms with Crippen LogP contribution in [0.3, 0.4) is 0 Å². The molecule has 20 heavy (non-hydrogen) atoms. The largest absolute Gasteiger partial charge is 0.480 e. The van der Waals surface area contributed by atoms with Crippen LogP contribution >= 0.6 is 0 Å². The van der Waals surface area contributed by atoms with Gasteiger partial charge in [0.15, 0.2) is 0 Å². The first-order valence-corrected chi connectivity index (χ1v) is 6.46. The Bertz CT molecular complexity index is 536. The summed E-state index contributed by atoms with van der Waals surface area (Å²) in [5.41, 5.74) is 5.83. The van der Waals surface area contributed by atoms with Crippen molar-refractivity contribution in [3.63, 3.8) is 0 Å². The lowest BCUT2D eigenvalue weighted by atomic mass is 10.3. The molecule has 110 valence electrons. The summed E-state index contributed by atoms with van der Waals surface area (Å²) >= 11 is 0. The molecule has 1 atom stereocenters. The van der Waals surface area contributed by atoms with Crippen LogP contribution in [0.15, 0.2) is 17.1 Å². The number of anilines is 1. The molecule has 0 saturated carbocycles. The normalized spacial score (nSPS) is 18.0. The standard InChI is InChI=1S/C12H19N5O3/c1-15-2-4-16(5-3-15)9-6-11(18)17(14-7-9)8-10(13)12(19)20/h6-7,10H,2-5,8,13H2,1H3,(H,19,20). The van der Waals surface area contributed by atoms with E-state index in [0.29, 0.717) is 0 Å². The van der Waals surface area contributed by atoms with E-state index in [1.165, 1.54) is 6.07 Å². The second kappa shape index (κ2) is 6.02. The molecule has 0 bridgehead atoms. The van der Waals surface area contributed by atoms with Crippen molar-refractivity contribution in [2.75, 3.05) is 38.1 Å². The van der Waals surface area contributed by atoms with Gasteiger partial charge in [0.25, 0.3) is 5.56 Å². The average Bonchev–Trinajstić information content (AvgIpc) is 2.41. The van der Waals surface area contributed by atoms with Gasteiger partial charge in [-0.25, -0.2) is 4.68 Å². The summed E-state index contributed by atoms with van der Waals surface area (Å²) in [6.45, 7) is 3.43. The van der Waals surface area contributed by atoms with Crippen LogP contribution < -0.4 is 16.2 Å². The number of piperazine rings is 1. The molecule has 1 fully saturated rings. The first-order chi connectivity index (χ1) is 9.47. The van der Waals surface area contributed by atoms with Crippen molar-refractivity contribution in [2.24, 2.45) is 5.73 Å². The van der Waals surface area contributed by atoms with E-state index in [-0.39, 0.29) is 12.1 Å². The lowest BCUT2D eigenvalue weighted by molar-refractivity contribution is -0.138. The highest BCUT2D eigenvalue weighted by atomic mass is 16.4. The Labute approximate surface area is 116 Å². The Hall–Kier alpha value is -1.93. The van der Waals surface area contributed by atoms with Gasteiger partial charge in [-0.15, -0.1) is 0 Å². The van der Waals surface area contributed by atoms with Crippen LogP contribution in [0.1, 0.15) is 0 Å². The minimum Gasteiger partial charge on any atom is -0.480 e. The molecule has 0 amide bonds. The SMILES string of the molecule is CN1CCN(c2cnn(CC(N)C(=O)O)c(=O)c2)CC1. The highest BCUT2D eigenvalue weighted by molar-refractivity contribution is 5.72. The van der Waals surface area contributed by atoms with E-state index in [4.69, 9.17) is 10.8 Å². The highest BCUT2D eigenvalue weighted by Crippen LogP contribution is 2.11. The van der Waals surface area contributed by atoms with E-state index in [2.05, 4.69) is 21.9 Å². The van der Waals surface area contributed by atoms with Crippen molar-refractivity contribution >= 4 is 11.7 Å². The number of carbonyl (C=O) groups is 1. The van der Waals surface area contributed by atoms with Gasteiger partial charge in [0, 0.05) is 32.2 Å². The van der Waals surface area contributed by atoms with E-state index in [1.807, 2.05) is 0 Å². The molecule has 1 aliphatic heterocycles. The number of nitrogens with two attached hydrogens (primary N) is 1. The molecule has 1 aliphatic rings. The highest BCUT2D eigenvalue weighted by Gasteiger charge is 2.17. The first kappa shape index (κ1) is 14.5. The van der Waals surface area contributed by atoms with Crippen molar-refractivity contribution in [3.8, 4) is 0 Å². The maximum absolute atomic E-state index is 11.9. The van der Waals surface area contributed by atoms with Crippen LogP contribution in [0.4, 0.5) is 5.69 Å². The second-order valence-electron chi connectivity index (χ2n) is 4.97. The number of rotatable bonds is 4. The van der Waals surface area contributed by atoms with Gasteiger partial charge in [-0.3, -0.25) is 9.59 Å². The number of aromatic nitrogens is 2. The van der Waals surface area contributed by atoms with Gasteiger partial charge in [0.1, 0.15) is 6.04 Å². The molecule has 2 heterocycles. The van der Waals surface area contributed by atoms with Gasteiger partial charge in [-0.2, -0.15) is 5.10 Å². The average molecular weight is 281 g/mol. The number of aliphatic carboxylic acids is 1. The van der Waals surface area contributed by atoms with Gasteiger partial charge in [-0.05, 0) is 7.05 Å². The summed E-state index contributed by atoms with van der Waals surface area (Å²) in [6, 6.07) is 0.349. The van der Waals surface area contributed by atoms with Crippen LogP contribution in [-0.2, 0) is 11.3 Å². The molecule has 1 aromatic heterocycles. The van der Waals surface area contributed by atoms with Crippen LogP contribution in [0.25, 0.3) is 0 Å². The molecule has 2 rings (SSSR count). The van der Waals surface area contributed by atoms with Crippen LogP contribution in [0.5, 0.6) is 0 Å². The third-order valence-corrected chi connectivity index (χ3v) is 3.41. The molecule has 0 aromatic carbocycles. The van der Waals surface area contributed by atoms with Gasteiger partial charge in [-0.1, -0.05) is 0 Å². The Morgan fingerprint density at radius 3 is 2.65 bits per heavy atom. The zero-order valence-electron chi connectivity index (χ0n) is 11.4. The number of nitrogens with zero attached hydrogens (tertiary/aromatic N) is 4. The first-order valence-electron chi connectivity index (χ1n) is 6.46. The Morgan fingerprint density at radius 1 is 1.45 bits per heavy atom. The zero-order valence-corrected chi connectivity index (χ0v) is 11.4. The van der Waals surface area contributed by atoms with Crippen molar-refractivity contribution in [2.45, 2.75) is 12.6 Å². The number of hydrogen-bond donors (Lipinski definition) is 2. The van der Waals surface area contributed by atoms with Gasteiger partial charge in [0.05, 0.1) is 18.4 Å². The van der Waals surface area contributed by atoms with Crippen LogP contribution in [0.2, 0.25) is 0 Å².